The van der Waals surface area contributed by atoms with Gasteiger partial charge in [-0.05, 0) is 65.8 Å². The van der Waals surface area contributed by atoms with Crippen LogP contribution in [0, 0.1) is 0 Å². The lowest BCUT2D eigenvalue weighted by Crippen LogP contribution is -2.33. The minimum Gasteiger partial charge on any atom is -0.463 e. The summed E-state index contributed by atoms with van der Waals surface area (Å²) in [7, 11) is 0. The fourth-order valence-corrected chi connectivity index (χ4v) is 4.82. The lowest BCUT2D eigenvalue weighted by molar-refractivity contribution is -0.137. The van der Waals surface area contributed by atoms with Gasteiger partial charge in [-0.15, -0.1) is 0 Å². The summed E-state index contributed by atoms with van der Waals surface area (Å²) in [4.78, 5) is 12.2. The molecular weight excluding hydrogens is 396 g/mol. The van der Waals surface area contributed by atoms with E-state index in [4.69, 9.17) is 9.15 Å². The van der Waals surface area contributed by atoms with E-state index in [-0.39, 0.29) is 16.8 Å². The van der Waals surface area contributed by atoms with Gasteiger partial charge < -0.3 is 9.15 Å². The van der Waals surface area contributed by atoms with Crippen molar-refractivity contribution >= 4 is 23.0 Å². The van der Waals surface area contributed by atoms with Crippen LogP contribution in [0.2, 0.25) is 0 Å². The zero-order chi connectivity index (χ0) is 23.4. The molecule has 2 aromatic rings. The van der Waals surface area contributed by atoms with E-state index < -0.39 is 0 Å². The molecule has 3 rings (SSSR count). The second-order valence-corrected chi connectivity index (χ2v) is 10.8. The molecule has 3 nitrogen and oxygen atoms in total. The van der Waals surface area contributed by atoms with Crippen LogP contribution in [0.4, 0.5) is 0 Å². The van der Waals surface area contributed by atoms with Crippen LogP contribution in [0.15, 0.2) is 22.6 Å². The number of hydrogen-bond donors (Lipinski definition) is 0. The summed E-state index contributed by atoms with van der Waals surface area (Å²) in [5.74, 6) is 0.718. The summed E-state index contributed by atoms with van der Waals surface area (Å²) >= 11 is 0. The third-order valence-corrected chi connectivity index (χ3v) is 7.16. The van der Waals surface area contributed by atoms with Crippen LogP contribution >= 0.6 is 0 Å². The Morgan fingerprint density at radius 1 is 0.969 bits per heavy atom. The van der Waals surface area contributed by atoms with Crippen molar-refractivity contribution in [1.82, 2.24) is 0 Å². The Morgan fingerprint density at radius 3 is 2.28 bits per heavy atom. The van der Waals surface area contributed by atoms with Gasteiger partial charge in [0.15, 0.2) is 0 Å². The molecule has 32 heavy (non-hydrogen) atoms. The first-order valence-corrected chi connectivity index (χ1v) is 12.6. The average Bonchev–Trinajstić information content (AvgIpc) is 3.09. The molecule has 0 bridgehead atoms. The van der Waals surface area contributed by atoms with Crippen LogP contribution in [0.5, 0.6) is 0 Å². The molecule has 0 spiro atoms. The molecule has 0 amide bonds. The SMILES string of the molecule is CCCCCCc1oc2cc3c(cc2c1/C=C/C(=O)OCCCC)C(C)(C)CCC3(C)C. The minimum absolute atomic E-state index is 0.137. The van der Waals surface area contributed by atoms with Gasteiger partial charge in [0.25, 0.3) is 0 Å². The highest BCUT2D eigenvalue weighted by atomic mass is 16.5. The molecule has 1 aromatic carbocycles. The Bertz CT molecular complexity index is 958. The number of aryl methyl sites for hydroxylation is 1. The highest BCUT2D eigenvalue weighted by molar-refractivity contribution is 5.95. The van der Waals surface area contributed by atoms with Gasteiger partial charge in [-0.1, -0.05) is 67.2 Å². The summed E-state index contributed by atoms with van der Waals surface area (Å²) in [6.07, 6.45) is 13.4. The zero-order valence-electron chi connectivity index (χ0n) is 21.1. The van der Waals surface area contributed by atoms with Crippen molar-refractivity contribution in [3.05, 3.63) is 40.7 Å². The third kappa shape index (κ3) is 5.47. The smallest absolute Gasteiger partial charge is 0.330 e. The molecule has 0 atom stereocenters. The monoisotopic (exact) mass is 438 g/mol. The number of ether oxygens (including phenoxy) is 1. The summed E-state index contributed by atoms with van der Waals surface area (Å²) in [6.45, 7) is 14.2. The van der Waals surface area contributed by atoms with Crippen molar-refractivity contribution in [3.8, 4) is 0 Å². The van der Waals surface area contributed by atoms with Crippen molar-refractivity contribution in [2.45, 2.75) is 110 Å². The fourth-order valence-electron chi connectivity index (χ4n) is 4.82. The Morgan fingerprint density at radius 2 is 1.62 bits per heavy atom. The molecule has 0 fully saturated rings. The number of furan rings is 1. The highest BCUT2D eigenvalue weighted by Crippen LogP contribution is 2.48. The number of unbranched alkanes of at least 4 members (excludes halogenated alkanes) is 4. The fraction of sp³-hybridized carbons (Fsp3) is 0.621. The minimum atomic E-state index is -0.274. The lowest BCUT2D eigenvalue weighted by atomic mass is 9.63. The average molecular weight is 439 g/mol. The lowest BCUT2D eigenvalue weighted by Gasteiger charge is -2.41. The van der Waals surface area contributed by atoms with Crippen molar-refractivity contribution < 1.29 is 13.9 Å². The van der Waals surface area contributed by atoms with Crippen LogP contribution in [0.1, 0.15) is 115 Å². The second-order valence-electron chi connectivity index (χ2n) is 10.8. The molecule has 0 saturated heterocycles. The summed E-state index contributed by atoms with van der Waals surface area (Å²) in [6, 6.07) is 4.62. The Balaban J connectivity index is 2.02. The molecule has 0 N–H and O–H groups in total. The molecule has 1 aromatic heterocycles. The molecule has 3 heteroatoms. The molecule has 0 aliphatic heterocycles. The second kappa shape index (κ2) is 10.3. The maximum absolute atomic E-state index is 12.2. The molecule has 0 unspecified atom stereocenters. The quantitative estimate of drug-likeness (QED) is 0.213. The maximum atomic E-state index is 12.2. The number of fused-ring (bicyclic) bond motifs is 2. The summed E-state index contributed by atoms with van der Waals surface area (Å²) < 4.78 is 11.8. The molecule has 0 radical (unpaired) electrons. The molecular formula is C29H42O3. The maximum Gasteiger partial charge on any atom is 0.330 e. The molecule has 0 saturated carbocycles. The predicted molar refractivity (Wildman–Crippen MR) is 134 cm³/mol. The van der Waals surface area contributed by atoms with Crippen LogP contribution in [0.3, 0.4) is 0 Å². The van der Waals surface area contributed by atoms with E-state index in [2.05, 4.69) is 53.7 Å². The number of carbonyl (C=O) groups is 1. The van der Waals surface area contributed by atoms with E-state index in [1.165, 1.54) is 43.2 Å². The normalized spacial score (nSPS) is 17.1. The Hall–Kier alpha value is -2.03. The molecule has 1 aliphatic carbocycles. The number of rotatable bonds is 10. The summed E-state index contributed by atoms with van der Waals surface area (Å²) in [5.41, 5.74) is 5.09. The molecule has 1 aliphatic rings. The first-order valence-electron chi connectivity index (χ1n) is 12.6. The van der Waals surface area contributed by atoms with Crippen LogP contribution in [-0.2, 0) is 26.8 Å². The van der Waals surface area contributed by atoms with E-state index in [0.717, 1.165) is 48.0 Å². The largest absolute Gasteiger partial charge is 0.463 e. The Labute approximate surface area is 194 Å². The number of benzene rings is 1. The van der Waals surface area contributed by atoms with Gasteiger partial charge in [0.2, 0.25) is 0 Å². The van der Waals surface area contributed by atoms with Gasteiger partial charge in [0.05, 0.1) is 6.61 Å². The van der Waals surface area contributed by atoms with E-state index in [1.54, 1.807) is 6.08 Å². The van der Waals surface area contributed by atoms with Gasteiger partial charge in [-0.25, -0.2) is 4.79 Å². The topological polar surface area (TPSA) is 39.4 Å². The van der Waals surface area contributed by atoms with E-state index >= 15 is 0 Å². The molecule has 1 heterocycles. The van der Waals surface area contributed by atoms with Crippen molar-refractivity contribution in [1.29, 1.82) is 0 Å². The van der Waals surface area contributed by atoms with Gasteiger partial charge in [0.1, 0.15) is 11.3 Å². The Kier molecular flexibility index (Phi) is 7.90. The first-order chi connectivity index (χ1) is 15.2. The van der Waals surface area contributed by atoms with Gasteiger partial charge in [0, 0.05) is 23.4 Å². The van der Waals surface area contributed by atoms with Gasteiger partial charge in [-0.3, -0.25) is 0 Å². The van der Waals surface area contributed by atoms with E-state index in [9.17, 15) is 4.79 Å². The summed E-state index contributed by atoms with van der Waals surface area (Å²) in [5, 5.41) is 1.12. The van der Waals surface area contributed by atoms with Gasteiger partial charge >= 0.3 is 5.97 Å². The van der Waals surface area contributed by atoms with Crippen LogP contribution in [-0.4, -0.2) is 12.6 Å². The number of esters is 1. The number of carbonyl (C=O) groups excluding carboxylic acids is 1. The first kappa shape index (κ1) is 24.6. The van der Waals surface area contributed by atoms with Crippen molar-refractivity contribution in [2.75, 3.05) is 6.61 Å². The van der Waals surface area contributed by atoms with Crippen LogP contribution < -0.4 is 0 Å². The standard InChI is InChI=1S/C29H42O3/c1-7-9-11-12-13-25-21(14-15-27(30)31-18-10-8-2)22-19-23-24(20-26(22)32-25)29(5,6)17-16-28(23,3)4/h14-15,19-20H,7-13,16-18H2,1-6H3/b15-14+. The van der Waals surface area contributed by atoms with Crippen molar-refractivity contribution in [2.24, 2.45) is 0 Å². The van der Waals surface area contributed by atoms with Gasteiger partial charge in [-0.2, -0.15) is 0 Å². The van der Waals surface area contributed by atoms with Crippen LogP contribution in [0.25, 0.3) is 17.0 Å². The number of hydrogen-bond acceptors (Lipinski definition) is 3. The molecule has 176 valence electrons. The van der Waals surface area contributed by atoms with E-state index in [1.807, 2.05) is 6.08 Å². The van der Waals surface area contributed by atoms with Crippen molar-refractivity contribution in [3.63, 3.8) is 0 Å². The van der Waals surface area contributed by atoms with E-state index in [0.29, 0.717) is 6.61 Å². The highest BCUT2D eigenvalue weighted by Gasteiger charge is 2.37. The third-order valence-electron chi connectivity index (χ3n) is 7.16. The predicted octanol–water partition coefficient (Wildman–Crippen LogP) is 8.26. The zero-order valence-corrected chi connectivity index (χ0v) is 21.1.